The van der Waals surface area contributed by atoms with Gasteiger partial charge >= 0.3 is 0 Å². The van der Waals surface area contributed by atoms with E-state index in [4.69, 9.17) is 0 Å². The Kier molecular flexibility index (Phi) is 4.99. The van der Waals surface area contributed by atoms with Crippen LogP contribution in [0.25, 0.3) is 0 Å². The van der Waals surface area contributed by atoms with Crippen molar-refractivity contribution in [1.29, 1.82) is 0 Å². The van der Waals surface area contributed by atoms with Crippen molar-refractivity contribution >= 4 is 17.7 Å². The summed E-state index contributed by atoms with van der Waals surface area (Å²) in [5.41, 5.74) is 0. The summed E-state index contributed by atoms with van der Waals surface area (Å²) in [4.78, 5) is 25.9. The van der Waals surface area contributed by atoms with Gasteiger partial charge in [0.2, 0.25) is 11.1 Å². The van der Waals surface area contributed by atoms with Crippen molar-refractivity contribution in [3.8, 4) is 0 Å². The van der Waals surface area contributed by atoms with Crippen molar-refractivity contribution in [3.63, 3.8) is 0 Å². The number of carbonyl (C=O) groups is 1. The number of hydrogen-bond donors (Lipinski definition) is 1. The molecule has 0 unspecified atom stereocenters. The standard InChI is InChI=1S/C17H25N7OS/c1-3-14-19-17(21-20-14)26-11-16(25)24-8-12-4-6-23(13(12)9-24)10-15-18-5-7-22(15)2/h5,7,12-13H,3-4,6,8-11H2,1-2H3,(H,19,20,21)/t12-,13+/m1/s1. The molecule has 4 rings (SSSR count). The van der Waals surface area contributed by atoms with Gasteiger partial charge in [0.05, 0.1) is 12.3 Å². The molecular weight excluding hydrogens is 350 g/mol. The number of imidazole rings is 1. The number of thioether (sulfide) groups is 1. The summed E-state index contributed by atoms with van der Waals surface area (Å²) >= 11 is 1.41. The average molecular weight is 376 g/mol. The second kappa shape index (κ2) is 7.40. The molecule has 2 saturated heterocycles. The van der Waals surface area contributed by atoms with E-state index in [9.17, 15) is 4.79 Å². The van der Waals surface area contributed by atoms with Crippen LogP contribution in [0.4, 0.5) is 0 Å². The van der Waals surface area contributed by atoms with Gasteiger partial charge in [-0.15, -0.1) is 5.10 Å². The third-order valence-corrected chi connectivity index (χ3v) is 6.28. The van der Waals surface area contributed by atoms with Crippen LogP contribution in [0.2, 0.25) is 0 Å². The highest BCUT2D eigenvalue weighted by Gasteiger charge is 2.42. The molecule has 140 valence electrons. The molecule has 4 heterocycles. The zero-order chi connectivity index (χ0) is 18.1. The van der Waals surface area contributed by atoms with Gasteiger partial charge in [0.1, 0.15) is 11.6 Å². The van der Waals surface area contributed by atoms with Crippen LogP contribution in [-0.4, -0.2) is 71.9 Å². The number of hydrogen-bond acceptors (Lipinski definition) is 6. The van der Waals surface area contributed by atoms with E-state index in [2.05, 4.69) is 29.6 Å². The van der Waals surface area contributed by atoms with Crippen molar-refractivity contribution in [1.82, 2.24) is 34.5 Å². The lowest BCUT2D eigenvalue weighted by Gasteiger charge is -2.24. The molecule has 0 aromatic carbocycles. The Balaban J connectivity index is 1.31. The van der Waals surface area contributed by atoms with Crippen molar-refractivity contribution < 1.29 is 4.79 Å². The summed E-state index contributed by atoms with van der Waals surface area (Å²) in [7, 11) is 2.03. The SMILES string of the molecule is CCc1nc(SCC(=O)N2C[C@H]3CCN(Cc4nccn4C)[C@H]3C2)n[nH]1. The topological polar surface area (TPSA) is 82.9 Å². The van der Waals surface area contributed by atoms with Crippen molar-refractivity contribution in [2.75, 3.05) is 25.4 Å². The van der Waals surface area contributed by atoms with Gasteiger partial charge in [0.15, 0.2) is 0 Å². The first-order valence-corrected chi connectivity index (χ1v) is 10.1. The predicted octanol–water partition coefficient (Wildman–Crippen LogP) is 0.926. The fraction of sp³-hybridized carbons (Fsp3) is 0.647. The number of aromatic nitrogens is 5. The van der Waals surface area contributed by atoms with Crippen LogP contribution < -0.4 is 0 Å². The lowest BCUT2D eigenvalue weighted by molar-refractivity contribution is -0.127. The lowest BCUT2D eigenvalue weighted by atomic mass is 10.1. The first-order chi connectivity index (χ1) is 12.6. The molecule has 9 heteroatoms. The molecule has 2 aliphatic rings. The van der Waals surface area contributed by atoms with E-state index < -0.39 is 0 Å². The minimum atomic E-state index is 0.184. The Morgan fingerprint density at radius 1 is 1.42 bits per heavy atom. The molecule has 1 amide bonds. The fourth-order valence-corrected chi connectivity index (χ4v) is 4.62. The van der Waals surface area contributed by atoms with Crippen molar-refractivity contribution in [2.24, 2.45) is 13.0 Å². The Hall–Kier alpha value is -1.87. The van der Waals surface area contributed by atoms with Crippen molar-refractivity contribution in [2.45, 2.75) is 37.5 Å². The molecule has 2 aromatic heterocycles. The van der Waals surface area contributed by atoms with Gasteiger partial charge in [-0.3, -0.25) is 14.8 Å². The highest BCUT2D eigenvalue weighted by molar-refractivity contribution is 7.99. The monoisotopic (exact) mass is 375 g/mol. The van der Waals surface area contributed by atoms with Gasteiger partial charge in [0, 0.05) is 45.0 Å². The molecule has 8 nitrogen and oxygen atoms in total. The lowest BCUT2D eigenvalue weighted by Crippen LogP contribution is -2.37. The Labute approximate surface area is 157 Å². The number of carbonyl (C=O) groups excluding carboxylic acids is 1. The summed E-state index contributed by atoms with van der Waals surface area (Å²) in [6.07, 6.45) is 5.81. The number of amides is 1. The van der Waals surface area contributed by atoms with E-state index in [-0.39, 0.29) is 5.91 Å². The van der Waals surface area contributed by atoms with Gasteiger partial charge in [-0.25, -0.2) is 9.97 Å². The van der Waals surface area contributed by atoms with Gasteiger partial charge in [-0.2, -0.15) is 0 Å². The number of nitrogens with one attached hydrogen (secondary N) is 1. The van der Waals surface area contributed by atoms with Crippen LogP contribution in [0.1, 0.15) is 25.0 Å². The summed E-state index contributed by atoms with van der Waals surface area (Å²) < 4.78 is 2.07. The maximum Gasteiger partial charge on any atom is 0.233 e. The van der Waals surface area contributed by atoms with E-state index in [1.165, 1.54) is 11.8 Å². The molecule has 2 atom stereocenters. The van der Waals surface area contributed by atoms with Crippen LogP contribution in [-0.2, 0) is 24.8 Å². The highest BCUT2D eigenvalue weighted by atomic mass is 32.2. The maximum atomic E-state index is 12.6. The number of likely N-dealkylation sites (tertiary alicyclic amines) is 2. The van der Waals surface area contributed by atoms with Gasteiger partial charge in [-0.05, 0) is 18.9 Å². The van der Waals surface area contributed by atoms with E-state index in [1.54, 1.807) is 0 Å². The smallest absolute Gasteiger partial charge is 0.233 e. The van der Waals surface area contributed by atoms with Crippen LogP contribution in [0, 0.1) is 5.92 Å². The Morgan fingerprint density at radius 2 is 2.31 bits per heavy atom. The highest BCUT2D eigenvalue weighted by Crippen LogP contribution is 2.32. The first-order valence-electron chi connectivity index (χ1n) is 9.16. The number of fused-ring (bicyclic) bond motifs is 1. The van der Waals surface area contributed by atoms with Gasteiger partial charge in [-0.1, -0.05) is 18.7 Å². The number of aromatic amines is 1. The molecule has 0 bridgehead atoms. The van der Waals surface area contributed by atoms with Crippen LogP contribution in [0.5, 0.6) is 0 Å². The third kappa shape index (κ3) is 3.50. The molecule has 2 aromatic rings. The Morgan fingerprint density at radius 3 is 3.04 bits per heavy atom. The zero-order valence-corrected chi connectivity index (χ0v) is 16.1. The number of aryl methyl sites for hydroxylation is 2. The summed E-state index contributed by atoms with van der Waals surface area (Å²) in [6.45, 7) is 5.67. The molecule has 0 saturated carbocycles. The van der Waals surface area contributed by atoms with E-state index in [1.807, 2.05) is 31.3 Å². The normalized spacial score (nSPS) is 22.9. The van der Waals surface area contributed by atoms with E-state index in [0.717, 1.165) is 50.7 Å². The Bertz CT molecular complexity index is 773. The van der Waals surface area contributed by atoms with E-state index >= 15 is 0 Å². The van der Waals surface area contributed by atoms with E-state index in [0.29, 0.717) is 22.9 Å². The molecular formula is C17H25N7OS. The van der Waals surface area contributed by atoms with Gasteiger partial charge in [0.25, 0.3) is 0 Å². The molecule has 0 spiro atoms. The number of H-pyrrole nitrogens is 1. The molecule has 2 aliphatic heterocycles. The minimum absolute atomic E-state index is 0.184. The summed E-state index contributed by atoms with van der Waals surface area (Å²) in [6, 6.07) is 0.454. The summed E-state index contributed by atoms with van der Waals surface area (Å²) in [5.74, 6) is 3.12. The second-order valence-electron chi connectivity index (χ2n) is 7.05. The third-order valence-electron chi connectivity index (χ3n) is 5.45. The average Bonchev–Trinajstić information content (AvgIpc) is 3.39. The largest absolute Gasteiger partial charge is 0.340 e. The minimum Gasteiger partial charge on any atom is -0.340 e. The summed E-state index contributed by atoms with van der Waals surface area (Å²) in [5, 5.41) is 7.69. The second-order valence-corrected chi connectivity index (χ2v) is 7.99. The number of nitrogens with zero attached hydrogens (tertiary/aromatic N) is 6. The fourth-order valence-electron chi connectivity index (χ4n) is 3.90. The van der Waals surface area contributed by atoms with Crippen LogP contribution >= 0.6 is 11.8 Å². The van der Waals surface area contributed by atoms with Crippen molar-refractivity contribution in [3.05, 3.63) is 24.0 Å². The van der Waals surface area contributed by atoms with Crippen LogP contribution in [0.15, 0.2) is 17.6 Å². The quantitative estimate of drug-likeness (QED) is 0.756. The molecule has 26 heavy (non-hydrogen) atoms. The number of rotatable bonds is 6. The maximum absolute atomic E-state index is 12.6. The van der Waals surface area contributed by atoms with Crippen LogP contribution in [0.3, 0.4) is 0 Å². The zero-order valence-electron chi connectivity index (χ0n) is 15.3. The predicted molar refractivity (Wildman–Crippen MR) is 98.6 cm³/mol. The molecule has 2 fully saturated rings. The molecule has 0 radical (unpaired) electrons. The van der Waals surface area contributed by atoms with Gasteiger partial charge < -0.3 is 9.47 Å². The molecule has 0 aliphatic carbocycles. The first kappa shape index (κ1) is 17.5. The molecule has 1 N–H and O–H groups in total.